The van der Waals surface area contributed by atoms with E-state index in [1.165, 1.54) is 12.8 Å². The van der Waals surface area contributed by atoms with Gasteiger partial charge in [0.15, 0.2) is 0 Å². The molecule has 1 fully saturated rings. The van der Waals surface area contributed by atoms with Crippen LogP contribution in [0.25, 0.3) is 0 Å². The zero-order valence-electron chi connectivity index (χ0n) is 10.5. The standard InChI is InChI=1S/C11H22N2O2S.ClH/c1-15-7-10(12)11(14)13-8-4-3-5-9(6-8)16-2;/h8-10H,3-7,12H2,1-2H3,(H,13,14);1H. The SMILES string of the molecule is COCC(N)C(=O)NC1CCCC(SC)C1.Cl. The number of amides is 1. The molecule has 0 heterocycles. The minimum Gasteiger partial charge on any atom is -0.383 e. The van der Waals surface area contributed by atoms with Crippen LogP contribution in [0.1, 0.15) is 25.7 Å². The van der Waals surface area contributed by atoms with Gasteiger partial charge in [0.25, 0.3) is 0 Å². The number of ether oxygens (including phenoxy) is 1. The van der Waals surface area contributed by atoms with Crippen LogP contribution < -0.4 is 11.1 Å². The predicted octanol–water partition coefficient (Wildman–Crippen LogP) is 1.17. The Morgan fingerprint density at radius 3 is 2.88 bits per heavy atom. The number of carbonyl (C=O) groups excluding carboxylic acids is 1. The molecule has 3 unspecified atom stereocenters. The largest absolute Gasteiger partial charge is 0.383 e. The number of rotatable bonds is 5. The van der Waals surface area contributed by atoms with Crippen molar-refractivity contribution in [2.75, 3.05) is 20.0 Å². The molecule has 0 bridgehead atoms. The third-order valence-corrected chi connectivity index (χ3v) is 4.08. The Bertz CT molecular complexity index is 232. The molecule has 1 saturated carbocycles. The molecule has 0 spiro atoms. The molecule has 1 aliphatic carbocycles. The van der Waals surface area contributed by atoms with E-state index in [0.717, 1.165) is 12.8 Å². The first-order valence-corrected chi connectivity index (χ1v) is 7.03. The summed E-state index contributed by atoms with van der Waals surface area (Å²) >= 11 is 1.89. The molecule has 0 saturated heterocycles. The van der Waals surface area contributed by atoms with Crippen molar-refractivity contribution in [2.24, 2.45) is 5.73 Å². The molecular weight excluding hydrogens is 260 g/mol. The molecule has 1 amide bonds. The van der Waals surface area contributed by atoms with E-state index in [9.17, 15) is 4.79 Å². The molecular formula is C11H23ClN2O2S. The van der Waals surface area contributed by atoms with Crippen molar-refractivity contribution in [3.8, 4) is 0 Å². The normalized spacial score (nSPS) is 25.8. The first-order valence-electron chi connectivity index (χ1n) is 5.75. The number of nitrogens with one attached hydrogen (secondary N) is 1. The highest BCUT2D eigenvalue weighted by molar-refractivity contribution is 7.99. The third-order valence-electron chi connectivity index (χ3n) is 2.99. The lowest BCUT2D eigenvalue weighted by Gasteiger charge is -2.29. The molecule has 3 atom stereocenters. The summed E-state index contributed by atoms with van der Waals surface area (Å²) in [5.74, 6) is -0.0893. The Kier molecular flexibility index (Phi) is 9.04. The highest BCUT2D eigenvalue weighted by Gasteiger charge is 2.24. The Balaban J connectivity index is 0.00000256. The summed E-state index contributed by atoms with van der Waals surface area (Å²) in [6.07, 6.45) is 6.72. The minimum absolute atomic E-state index is 0. The van der Waals surface area contributed by atoms with E-state index >= 15 is 0 Å². The highest BCUT2D eigenvalue weighted by Crippen LogP contribution is 2.26. The fourth-order valence-corrected chi connectivity index (χ4v) is 2.88. The Hall–Kier alpha value is 0.0300. The minimum atomic E-state index is -0.542. The van der Waals surface area contributed by atoms with Crippen LogP contribution in [0.2, 0.25) is 0 Å². The molecule has 1 aliphatic rings. The van der Waals surface area contributed by atoms with Crippen LogP contribution in [0.4, 0.5) is 0 Å². The summed E-state index contributed by atoms with van der Waals surface area (Å²) in [5, 5.41) is 3.69. The van der Waals surface area contributed by atoms with Crippen molar-refractivity contribution in [1.82, 2.24) is 5.32 Å². The summed E-state index contributed by atoms with van der Waals surface area (Å²) in [4.78, 5) is 11.7. The summed E-state index contributed by atoms with van der Waals surface area (Å²) in [5.41, 5.74) is 5.67. The molecule has 17 heavy (non-hydrogen) atoms. The Morgan fingerprint density at radius 2 is 2.29 bits per heavy atom. The van der Waals surface area contributed by atoms with Gasteiger partial charge < -0.3 is 15.8 Å². The smallest absolute Gasteiger partial charge is 0.239 e. The van der Waals surface area contributed by atoms with Crippen LogP contribution in [0, 0.1) is 0 Å². The van der Waals surface area contributed by atoms with Crippen LogP contribution >= 0.6 is 24.2 Å². The van der Waals surface area contributed by atoms with Gasteiger partial charge in [-0.15, -0.1) is 12.4 Å². The average Bonchev–Trinajstić information content (AvgIpc) is 2.29. The Morgan fingerprint density at radius 1 is 1.59 bits per heavy atom. The second kappa shape index (κ2) is 9.03. The molecule has 3 N–H and O–H groups in total. The number of carbonyl (C=O) groups is 1. The van der Waals surface area contributed by atoms with Crippen molar-refractivity contribution < 1.29 is 9.53 Å². The summed E-state index contributed by atoms with van der Waals surface area (Å²) in [6, 6.07) is -0.249. The molecule has 0 aromatic heterocycles. The van der Waals surface area contributed by atoms with E-state index in [0.29, 0.717) is 11.3 Å². The van der Waals surface area contributed by atoms with Gasteiger partial charge in [-0.05, 0) is 25.5 Å². The van der Waals surface area contributed by atoms with Crippen molar-refractivity contribution in [3.05, 3.63) is 0 Å². The van der Waals surface area contributed by atoms with E-state index in [-0.39, 0.29) is 24.9 Å². The maximum atomic E-state index is 11.7. The third kappa shape index (κ3) is 5.95. The zero-order valence-corrected chi connectivity index (χ0v) is 12.1. The quantitative estimate of drug-likeness (QED) is 0.795. The number of thioether (sulfide) groups is 1. The fraction of sp³-hybridized carbons (Fsp3) is 0.909. The number of methoxy groups -OCH3 is 1. The maximum absolute atomic E-state index is 11.7. The first-order chi connectivity index (χ1) is 7.67. The zero-order chi connectivity index (χ0) is 12.0. The lowest BCUT2D eigenvalue weighted by molar-refractivity contribution is -0.124. The van der Waals surface area contributed by atoms with Gasteiger partial charge in [-0.3, -0.25) is 4.79 Å². The average molecular weight is 283 g/mol. The topological polar surface area (TPSA) is 64.3 Å². The van der Waals surface area contributed by atoms with Gasteiger partial charge in [0.05, 0.1) is 6.61 Å². The van der Waals surface area contributed by atoms with E-state index < -0.39 is 6.04 Å². The van der Waals surface area contributed by atoms with Crippen LogP contribution in [0.15, 0.2) is 0 Å². The van der Waals surface area contributed by atoms with Crippen molar-refractivity contribution in [3.63, 3.8) is 0 Å². The maximum Gasteiger partial charge on any atom is 0.239 e. The van der Waals surface area contributed by atoms with Crippen LogP contribution in [-0.4, -0.2) is 43.2 Å². The lowest BCUT2D eigenvalue weighted by Crippen LogP contribution is -2.48. The van der Waals surface area contributed by atoms with Gasteiger partial charge in [-0.1, -0.05) is 6.42 Å². The van der Waals surface area contributed by atoms with Crippen LogP contribution in [-0.2, 0) is 9.53 Å². The number of hydrogen-bond acceptors (Lipinski definition) is 4. The molecule has 0 aliphatic heterocycles. The molecule has 0 radical (unpaired) electrons. The molecule has 1 rings (SSSR count). The summed E-state index contributed by atoms with van der Waals surface area (Å²) in [6.45, 7) is 0.282. The second-order valence-corrected chi connectivity index (χ2v) is 5.43. The van der Waals surface area contributed by atoms with E-state index in [4.69, 9.17) is 10.5 Å². The van der Waals surface area contributed by atoms with Crippen LogP contribution in [0.5, 0.6) is 0 Å². The number of halogens is 1. The van der Waals surface area contributed by atoms with Crippen LogP contribution in [0.3, 0.4) is 0 Å². The summed E-state index contributed by atoms with van der Waals surface area (Å²) in [7, 11) is 1.55. The predicted molar refractivity (Wildman–Crippen MR) is 74.8 cm³/mol. The fourth-order valence-electron chi connectivity index (χ4n) is 2.05. The molecule has 0 aromatic rings. The van der Waals surface area contributed by atoms with Crippen molar-refractivity contribution in [2.45, 2.75) is 43.0 Å². The second-order valence-electron chi connectivity index (χ2n) is 4.29. The van der Waals surface area contributed by atoms with Gasteiger partial charge in [-0.25, -0.2) is 0 Å². The van der Waals surface area contributed by atoms with E-state index in [2.05, 4.69) is 11.6 Å². The molecule has 4 nitrogen and oxygen atoms in total. The van der Waals surface area contributed by atoms with Crippen molar-refractivity contribution >= 4 is 30.1 Å². The van der Waals surface area contributed by atoms with Crippen molar-refractivity contribution in [1.29, 1.82) is 0 Å². The monoisotopic (exact) mass is 282 g/mol. The van der Waals surface area contributed by atoms with Gasteiger partial charge in [0, 0.05) is 18.4 Å². The van der Waals surface area contributed by atoms with Gasteiger partial charge >= 0.3 is 0 Å². The van der Waals surface area contributed by atoms with Gasteiger partial charge in [-0.2, -0.15) is 11.8 Å². The van der Waals surface area contributed by atoms with Gasteiger partial charge in [0.2, 0.25) is 5.91 Å². The molecule has 6 heteroatoms. The lowest BCUT2D eigenvalue weighted by atomic mass is 9.95. The highest BCUT2D eigenvalue weighted by atomic mass is 35.5. The first kappa shape index (κ1) is 17.0. The molecule has 102 valence electrons. The van der Waals surface area contributed by atoms with E-state index in [1.54, 1.807) is 7.11 Å². The number of hydrogen-bond donors (Lipinski definition) is 2. The van der Waals surface area contributed by atoms with Gasteiger partial charge in [0.1, 0.15) is 6.04 Å². The Labute approximate surface area is 114 Å². The summed E-state index contributed by atoms with van der Waals surface area (Å²) < 4.78 is 4.87. The van der Waals surface area contributed by atoms with E-state index in [1.807, 2.05) is 11.8 Å². The number of nitrogens with two attached hydrogens (primary N) is 1. The molecule has 0 aromatic carbocycles.